The number of hydrogen-bond acceptors (Lipinski definition) is 1. The van der Waals surface area contributed by atoms with E-state index in [1.165, 1.54) is 72.8 Å². The van der Waals surface area contributed by atoms with Gasteiger partial charge in [-0.15, -0.1) is 0 Å². The summed E-state index contributed by atoms with van der Waals surface area (Å²) in [4.78, 5) is 0. The van der Waals surface area contributed by atoms with E-state index in [1.54, 1.807) is 0 Å². The zero-order chi connectivity index (χ0) is 19.9. The van der Waals surface area contributed by atoms with Gasteiger partial charge in [-0.3, -0.25) is 0 Å². The molecule has 0 fully saturated rings. The van der Waals surface area contributed by atoms with E-state index in [0.29, 0.717) is 5.92 Å². The second-order valence-corrected chi connectivity index (χ2v) is 8.87. The quantitative estimate of drug-likeness (QED) is 0.338. The Morgan fingerprint density at radius 1 is 1.19 bits per heavy atom. The van der Waals surface area contributed by atoms with Crippen molar-refractivity contribution in [3.63, 3.8) is 0 Å². The summed E-state index contributed by atoms with van der Waals surface area (Å²) in [6.45, 7) is 13.7. The molecule has 0 aliphatic heterocycles. The SMILES string of the molecule is C=Cc1cc(C(C)(C)CCCCCC)cc(CC)c1C1C=C(CO)CCC1. The Morgan fingerprint density at radius 2 is 1.96 bits per heavy atom. The average Bonchev–Trinajstić information content (AvgIpc) is 2.70. The molecule has 0 heterocycles. The van der Waals surface area contributed by atoms with Crippen LogP contribution in [0.4, 0.5) is 0 Å². The molecule has 0 amide bonds. The van der Waals surface area contributed by atoms with Crippen LogP contribution >= 0.6 is 0 Å². The average molecular weight is 369 g/mol. The number of rotatable bonds is 10. The van der Waals surface area contributed by atoms with Gasteiger partial charge >= 0.3 is 0 Å². The third kappa shape index (κ3) is 5.57. The molecule has 0 spiro atoms. The number of allylic oxidation sites excluding steroid dienone is 1. The van der Waals surface area contributed by atoms with Gasteiger partial charge in [-0.1, -0.05) is 84.2 Å². The van der Waals surface area contributed by atoms with Gasteiger partial charge in [-0.05, 0) is 65.3 Å². The molecule has 150 valence electrons. The van der Waals surface area contributed by atoms with Crippen LogP contribution in [0, 0.1) is 0 Å². The molecule has 2 rings (SSSR count). The molecule has 1 heteroatoms. The second kappa shape index (κ2) is 10.3. The van der Waals surface area contributed by atoms with Crippen LogP contribution in [-0.2, 0) is 11.8 Å². The molecule has 1 unspecified atom stereocenters. The maximum Gasteiger partial charge on any atom is 0.0641 e. The predicted molar refractivity (Wildman–Crippen MR) is 119 cm³/mol. The molecule has 1 aliphatic rings. The number of hydrogen-bond donors (Lipinski definition) is 1. The highest BCUT2D eigenvalue weighted by Crippen LogP contribution is 2.39. The normalized spacial score (nSPS) is 17.7. The Morgan fingerprint density at radius 3 is 2.59 bits per heavy atom. The summed E-state index contributed by atoms with van der Waals surface area (Å²) in [6.07, 6.45) is 15.3. The molecule has 1 aromatic carbocycles. The molecule has 27 heavy (non-hydrogen) atoms. The number of unbranched alkanes of at least 4 members (excludes halogenated alkanes) is 3. The second-order valence-electron chi connectivity index (χ2n) is 8.87. The highest BCUT2D eigenvalue weighted by molar-refractivity contribution is 5.59. The smallest absolute Gasteiger partial charge is 0.0641 e. The zero-order valence-electron chi connectivity index (χ0n) is 18.1. The largest absolute Gasteiger partial charge is 0.392 e. The lowest BCUT2D eigenvalue weighted by molar-refractivity contribution is 0.321. The molecule has 0 saturated heterocycles. The van der Waals surface area contributed by atoms with Gasteiger partial charge in [0.1, 0.15) is 0 Å². The van der Waals surface area contributed by atoms with Gasteiger partial charge in [0.25, 0.3) is 0 Å². The summed E-state index contributed by atoms with van der Waals surface area (Å²) in [5, 5.41) is 9.59. The van der Waals surface area contributed by atoms with Crippen LogP contribution in [0.3, 0.4) is 0 Å². The third-order valence-corrected chi connectivity index (χ3v) is 6.36. The molecule has 0 aromatic heterocycles. The van der Waals surface area contributed by atoms with Crippen molar-refractivity contribution in [3.05, 3.63) is 52.6 Å². The van der Waals surface area contributed by atoms with Crippen LogP contribution < -0.4 is 0 Å². The molecule has 0 bridgehead atoms. The molecule has 1 nitrogen and oxygen atoms in total. The summed E-state index contributed by atoms with van der Waals surface area (Å²) in [7, 11) is 0. The summed E-state index contributed by atoms with van der Waals surface area (Å²) < 4.78 is 0. The van der Waals surface area contributed by atoms with Crippen molar-refractivity contribution in [2.75, 3.05) is 6.61 Å². The van der Waals surface area contributed by atoms with Crippen LogP contribution in [0.5, 0.6) is 0 Å². The van der Waals surface area contributed by atoms with Gasteiger partial charge in [0, 0.05) is 5.92 Å². The Labute approximate surface area is 167 Å². The van der Waals surface area contributed by atoms with Crippen LogP contribution in [0.1, 0.15) is 107 Å². The minimum atomic E-state index is 0.199. The first-order valence-corrected chi connectivity index (χ1v) is 11.1. The topological polar surface area (TPSA) is 20.2 Å². The highest BCUT2D eigenvalue weighted by Gasteiger charge is 2.25. The van der Waals surface area contributed by atoms with E-state index in [2.05, 4.69) is 52.5 Å². The van der Waals surface area contributed by atoms with Gasteiger partial charge in [-0.25, -0.2) is 0 Å². The van der Waals surface area contributed by atoms with Crippen molar-refractivity contribution in [1.29, 1.82) is 0 Å². The predicted octanol–water partition coefficient (Wildman–Crippen LogP) is 7.33. The minimum Gasteiger partial charge on any atom is -0.392 e. The first-order valence-electron chi connectivity index (χ1n) is 11.1. The van der Waals surface area contributed by atoms with Crippen molar-refractivity contribution in [2.45, 2.75) is 96.8 Å². The first kappa shape index (κ1) is 22.0. The van der Waals surface area contributed by atoms with Crippen LogP contribution in [-0.4, -0.2) is 11.7 Å². The van der Waals surface area contributed by atoms with Crippen molar-refractivity contribution < 1.29 is 5.11 Å². The van der Waals surface area contributed by atoms with Crippen molar-refractivity contribution in [1.82, 2.24) is 0 Å². The van der Waals surface area contributed by atoms with E-state index >= 15 is 0 Å². The summed E-state index contributed by atoms with van der Waals surface area (Å²) in [5.74, 6) is 0.422. The lowest BCUT2D eigenvalue weighted by Crippen LogP contribution is -2.19. The van der Waals surface area contributed by atoms with Crippen LogP contribution in [0.15, 0.2) is 30.4 Å². The molecule has 1 N–H and O–H groups in total. The van der Waals surface area contributed by atoms with Gasteiger partial charge in [0.15, 0.2) is 0 Å². The molecule has 1 aromatic rings. The maximum absolute atomic E-state index is 9.59. The van der Waals surface area contributed by atoms with Crippen LogP contribution in [0.2, 0.25) is 0 Å². The number of aliphatic hydroxyl groups excluding tert-OH is 1. The summed E-state index contributed by atoms with van der Waals surface area (Å²) in [6, 6.07) is 4.85. The lowest BCUT2D eigenvalue weighted by Gasteiger charge is -2.30. The van der Waals surface area contributed by atoms with E-state index in [-0.39, 0.29) is 12.0 Å². The fourth-order valence-corrected chi connectivity index (χ4v) is 4.54. The van der Waals surface area contributed by atoms with Gasteiger partial charge < -0.3 is 5.11 Å². The monoisotopic (exact) mass is 368 g/mol. The number of aliphatic hydroxyl groups is 1. The third-order valence-electron chi connectivity index (χ3n) is 6.36. The summed E-state index contributed by atoms with van der Waals surface area (Å²) >= 11 is 0. The van der Waals surface area contributed by atoms with Crippen molar-refractivity contribution in [3.8, 4) is 0 Å². The van der Waals surface area contributed by atoms with Crippen molar-refractivity contribution in [2.24, 2.45) is 0 Å². The van der Waals surface area contributed by atoms with Gasteiger partial charge in [0.05, 0.1) is 6.61 Å². The van der Waals surface area contributed by atoms with Gasteiger partial charge in [-0.2, -0.15) is 0 Å². The van der Waals surface area contributed by atoms with E-state index < -0.39 is 0 Å². The molecular weight excluding hydrogens is 328 g/mol. The minimum absolute atomic E-state index is 0.199. The van der Waals surface area contributed by atoms with E-state index in [9.17, 15) is 5.11 Å². The Kier molecular flexibility index (Phi) is 8.35. The standard InChI is InChI=1S/C26H40O/c1-6-9-10-11-15-26(4,5)24-17-21(7-2)25(22(8-3)18-24)23-14-12-13-20(16-23)19-27/h7,16-18,23,27H,2,6,8-15,19H2,1,3-5H3. The summed E-state index contributed by atoms with van der Waals surface area (Å²) in [5.41, 5.74) is 7.06. The van der Waals surface area contributed by atoms with Gasteiger partial charge in [0.2, 0.25) is 0 Å². The van der Waals surface area contributed by atoms with E-state index in [1.807, 2.05) is 6.08 Å². The number of benzene rings is 1. The molecular formula is C26H40O. The molecule has 1 atom stereocenters. The van der Waals surface area contributed by atoms with E-state index in [4.69, 9.17) is 0 Å². The van der Waals surface area contributed by atoms with E-state index in [0.717, 1.165) is 12.8 Å². The molecule has 1 aliphatic carbocycles. The lowest BCUT2D eigenvalue weighted by atomic mass is 9.75. The highest BCUT2D eigenvalue weighted by atomic mass is 16.3. The maximum atomic E-state index is 9.59. The Balaban J connectivity index is 2.37. The number of aryl methyl sites for hydroxylation is 1. The fraction of sp³-hybridized carbons (Fsp3) is 0.615. The molecule has 0 saturated carbocycles. The van der Waals surface area contributed by atoms with Crippen molar-refractivity contribution >= 4 is 6.08 Å². The zero-order valence-corrected chi connectivity index (χ0v) is 18.1. The first-order chi connectivity index (χ1) is 13.0. The Bertz CT molecular complexity index is 650. The van der Waals surface area contributed by atoms with Crippen LogP contribution in [0.25, 0.3) is 6.08 Å². The molecule has 0 radical (unpaired) electrons. The Hall–Kier alpha value is -1.34. The fourth-order valence-electron chi connectivity index (χ4n) is 4.54.